The number of hydrogen-bond donors (Lipinski definition) is 0. The van der Waals surface area contributed by atoms with Gasteiger partial charge in [-0.1, -0.05) is 72.3 Å². The quantitative estimate of drug-likeness (QED) is 0.100. The van der Waals surface area contributed by atoms with Crippen molar-refractivity contribution in [2.45, 2.75) is 20.8 Å². The van der Waals surface area contributed by atoms with Gasteiger partial charge in [0.15, 0.2) is 0 Å². The monoisotopic (exact) mass is 676 g/mol. The van der Waals surface area contributed by atoms with Crippen molar-refractivity contribution in [1.29, 1.82) is 0 Å². The van der Waals surface area contributed by atoms with Crippen LogP contribution in [0.1, 0.15) is 58.9 Å². The molecule has 49 heavy (non-hydrogen) atoms. The molecule has 5 aromatic rings. The van der Waals surface area contributed by atoms with E-state index in [0.717, 1.165) is 5.56 Å². The maximum atomic E-state index is 16.0. The number of ether oxygens (including phenoxy) is 4. The van der Waals surface area contributed by atoms with Crippen LogP contribution in [0.15, 0.2) is 97.1 Å². The van der Waals surface area contributed by atoms with Crippen LogP contribution in [0.5, 0.6) is 23.0 Å². The lowest BCUT2D eigenvalue weighted by Gasteiger charge is -2.24. The van der Waals surface area contributed by atoms with Crippen LogP contribution in [0, 0.1) is 20.8 Å². The molecule has 0 bridgehead atoms. The average molecular weight is 677 g/mol. The summed E-state index contributed by atoms with van der Waals surface area (Å²) in [7, 11) is 1.24. The van der Waals surface area contributed by atoms with E-state index in [2.05, 4.69) is 0 Å². The standard InChI is InChI=1S/C40H37O8P/c1-24-22-25(2)34(26(3)23-24)40(43)49(44,27-14-9-8-10-15-27)33-21-11-16-28(38(41)36-29(45-4)17-12-18-30(36)46-5)35(33)39(42)37-31(47-6)19-13-20-32(37)48-7/h8-23H,1-7H3. The average Bonchev–Trinajstić information content (AvgIpc) is 3.12. The Bertz CT molecular complexity index is 2070. The third-order valence-corrected chi connectivity index (χ3v) is 11.3. The van der Waals surface area contributed by atoms with Crippen LogP contribution in [0.2, 0.25) is 0 Å². The van der Waals surface area contributed by atoms with Crippen molar-refractivity contribution in [2.24, 2.45) is 0 Å². The summed E-state index contributed by atoms with van der Waals surface area (Å²) >= 11 is 0. The highest BCUT2D eigenvalue weighted by Crippen LogP contribution is 2.50. The number of aryl methyl sites for hydroxylation is 3. The van der Waals surface area contributed by atoms with Crippen LogP contribution < -0.4 is 29.6 Å². The van der Waals surface area contributed by atoms with Crippen molar-refractivity contribution in [1.82, 2.24) is 0 Å². The molecule has 0 fully saturated rings. The van der Waals surface area contributed by atoms with E-state index in [1.54, 1.807) is 80.6 Å². The summed E-state index contributed by atoms with van der Waals surface area (Å²) < 4.78 is 38.3. The first-order chi connectivity index (χ1) is 23.5. The predicted molar refractivity (Wildman–Crippen MR) is 191 cm³/mol. The van der Waals surface area contributed by atoms with Gasteiger partial charge in [-0.05, 0) is 62.2 Å². The van der Waals surface area contributed by atoms with E-state index in [9.17, 15) is 9.59 Å². The first-order valence-corrected chi connectivity index (χ1v) is 17.2. The fourth-order valence-corrected chi connectivity index (χ4v) is 9.14. The summed E-state index contributed by atoms with van der Waals surface area (Å²) in [5.74, 6) is -0.615. The van der Waals surface area contributed by atoms with Crippen LogP contribution in [-0.2, 0) is 4.57 Å². The summed E-state index contributed by atoms with van der Waals surface area (Å²) in [6, 6.07) is 26.2. The zero-order valence-electron chi connectivity index (χ0n) is 28.5. The maximum absolute atomic E-state index is 16.0. The van der Waals surface area contributed by atoms with Gasteiger partial charge in [0, 0.05) is 27.3 Å². The molecule has 0 amide bonds. The zero-order valence-corrected chi connectivity index (χ0v) is 29.3. The predicted octanol–water partition coefficient (Wildman–Crippen LogP) is 7.26. The Morgan fingerprint density at radius 2 is 0.959 bits per heavy atom. The van der Waals surface area contributed by atoms with Gasteiger partial charge in [0.05, 0.1) is 28.4 Å². The molecule has 0 aliphatic heterocycles. The van der Waals surface area contributed by atoms with Gasteiger partial charge >= 0.3 is 0 Å². The molecule has 0 saturated heterocycles. The van der Waals surface area contributed by atoms with Crippen molar-refractivity contribution < 1.29 is 37.9 Å². The zero-order chi connectivity index (χ0) is 35.5. The Morgan fingerprint density at radius 1 is 0.510 bits per heavy atom. The number of carbonyl (C=O) groups excluding carboxylic acids is 3. The summed E-state index contributed by atoms with van der Waals surface area (Å²) in [6.45, 7) is 5.51. The summed E-state index contributed by atoms with van der Waals surface area (Å²) in [6.07, 6.45) is 0. The number of ketones is 2. The molecule has 0 saturated carbocycles. The van der Waals surface area contributed by atoms with Crippen LogP contribution >= 0.6 is 7.14 Å². The van der Waals surface area contributed by atoms with E-state index in [-0.39, 0.29) is 61.4 Å². The molecule has 0 N–H and O–H groups in total. The van der Waals surface area contributed by atoms with Gasteiger partial charge in [0.1, 0.15) is 34.1 Å². The lowest BCUT2D eigenvalue weighted by atomic mass is 9.91. The third kappa shape index (κ3) is 6.16. The lowest BCUT2D eigenvalue weighted by Crippen LogP contribution is -2.30. The van der Waals surface area contributed by atoms with Crippen LogP contribution in [-0.4, -0.2) is 45.5 Å². The molecule has 0 aliphatic rings. The van der Waals surface area contributed by atoms with E-state index < -0.39 is 24.2 Å². The van der Waals surface area contributed by atoms with Gasteiger partial charge < -0.3 is 23.5 Å². The summed E-state index contributed by atoms with van der Waals surface area (Å²) in [5, 5.41) is 0.112. The van der Waals surface area contributed by atoms with E-state index in [1.165, 1.54) is 46.6 Å². The molecule has 1 atom stereocenters. The van der Waals surface area contributed by atoms with E-state index in [0.29, 0.717) is 11.1 Å². The Balaban J connectivity index is 1.95. The lowest BCUT2D eigenvalue weighted by molar-refractivity contribution is 0.0997. The second-order valence-corrected chi connectivity index (χ2v) is 14.1. The normalized spacial score (nSPS) is 12.1. The van der Waals surface area contributed by atoms with Crippen molar-refractivity contribution in [3.05, 3.63) is 142 Å². The first-order valence-electron chi connectivity index (χ1n) is 15.5. The molecule has 5 aromatic carbocycles. The van der Waals surface area contributed by atoms with E-state index >= 15 is 9.36 Å². The van der Waals surface area contributed by atoms with Gasteiger partial charge in [-0.15, -0.1) is 0 Å². The number of methoxy groups -OCH3 is 4. The molecule has 0 heterocycles. The second-order valence-electron chi connectivity index (χ2n) is 11.5. The van der Waals surface area contributed by atoms with Crippen molar-refractivity contribution in [3.8, 4) is 23.0 Å². The third-order valence-electron chi connectivity index (χ3n) is 8.46. The Hall–Kier alpha value is -5.46. The molecular formula is C40H37O8P. The van der Waals surface area contributed by atoms with E-state index in [4.69, 9.17) is 18.9 Å². The van der Waals surface area contributed by atoms with Crippen molar-refractivity contribution in [3.63, 3.8) is 0 Å². The maximum Gasteiger partial charge on any atom is 0.230 e. The van der Waals surface area contributed by atoms with Gasteiger partial charge in [-0.25, -0.2) is 0 Å². The topological polar surface area (TPSA) is 105 Å². The second kappa shape index (κ2) is 14.3. The molecule has 0 radical (unpaired) electrons. The SMILES string of the molecule is COc1cccc(OC)c1C(=O)c1cccc(P(=O)(C(=O)c2c(C)cc(C)cc2C)c2ccccc2)c1C(=O)c1c(OC)cccc1OC. The molecular weight excluding hydrogens is 639 g/mol. The molecule has 250 valence electrons. The molecule has 1 unspecified atom stereocenters. The van der Waals surface area contributed by atoms with Gasteiger partial charge in [0.2, 0.25) is 24.2 Å². The number of carbonyl (C=O) groups is 3. The highest BCUT2D eigenvalue weighted by molar-refractivity contribution is 7.93. The fourth-order valence-electron chi connectivity index (χ4n) is 6.32. The van der Waals surface area contributed by atoms with Crippen LogP contribution in [0.25, 0.3) is 0 Å². The molecule has 0 aromatic heterocycles. The molecule has 5 rings (SSSR count). The van der Waals surface area contributed by atoms with Crippen molar-refractivity contribution in [2.75, 3.05) is 28.4 Å². The number of benzene rings is 5. The van der Waals surface area contributed by atoms with Gasteiger partial charge in [-0.3, -0.25) is 14.4 Å². The minimum Gasteiger partial charge on any atom is -0.496 e. The minimum absolute atomic E-state index is 0.00394. The molecule has 0 aliphatic carbocycles. The largest absolute Gasteiger partial charge is 0.496 e. The number of hydrogen-bond acceptors (Lipinski definition) is 8. The number of rotatable bonds is 12. The summed E-state index contributed by atoms with van der Waals surface area (Å²) in [4.78, 5) is 44.8. The van der Waals surface area contributed by atoms with E-state index in [1.807, 2.05) is 19.1 Å². The summed E-state index contributed by atoms with van der Waals surface area (Å²) in [5.41, 5.74) is 1.56. The van der Waals surface area contributed by atoms with Crippen molar-refractivity contribution >= 4 is 34.8 Å². The fraction of sp³-hybridized carbons (Fsp3) is 0.175. The molecule has 9 heteroatoms. The Kier molecular flexibility index (Phi) is 10.2. The van der Waals surface area contributed by atoms with Gasteiger partial charge in [-0.2, -0.15) is 0 Å². The molecule has 0 spiro atoms. The Labute approximate surface area is 286 Å². The van der Waals surface area contributed by atoms with Crippen LogP contribution in [0.3, 0.4) is 0 Å². The minimum atomic E-state index is -4.42. The molecule has 8 nitrogen and oxygen atoms in total. The van der Waals surface area contributed by atoms with Crippen LogP contribution in [0.4, 0.5) is 0 Å². The smallest absolute Gasteiger partial charge is 0.230 e. The first kappa shape index (κ1) is 34.9. The Morgan fingerprint density at radius 3 is 1.43 bits per heavy atom. The van der Waals surface area contributed by atoms with Gasteiger partial charge in [0.25, 0.3) is 0 Å². The highest BCUT2D eigenvalue weighted by Gasteiger charge is 2.43. The highest BCUT2D eigenvalue weighted by atomic mass is 31.2.